The van der Waals surface area contributed by atoms with E-state index < -0.39 is 6.04 Å². The van der Waals surface area contributed by atoms with Crippen LogP contribution in [0.4, 0.5) is 5.69 Å². The fourth-order valence-corrected chi connectivity index (χ4v) is 4.56. The second-order valence-corrected chi connectivity index (χ2v) is 8.31. The molecule has 0 aliphatic rings. The van der Waals surface area contributed by atoms with Crippen LogP contribution in [-0.2, 0) is 4.79 Å². The van der Waals surface area contributed by atoms with Crippen LogP contribution in [-0.4, -0.2) is 36.3 Å². The number of hydrogen-bond donors (Lipinski definition) is 1. The summed E-state index contributed by atoms with van der Waals surface area (Å²) in [4.78, 5) is 31.6. The molecule has 176 valence electrons. The summed E-state index contributed by atoms with van der Waals surface area (Å²) in [5, 5.41) is 5.19. The van der Waals surface area contributed by atoms with Crippen molar-refractivity contribution in [3.05, 3.63) is 64.5 Å². The van der Waals surface area contributed by atoms with Crippen molar-refractivity contribution in [1.29, 1.82) is 0 Å². The van der Waals surface area contributed by atoms with Gasteiger partial charge < -0.3 is 19.5 Å². The number of amides is 1. The Morgan fingerprint density at radius 3 is 2.62 bits per heavy atom. The molecule has 2 aromatic carbocycles. The molecule has 4 aromatic rings. The number of ether oxygens (including phenoxy) is 3. The first-order valence-electron chi connectivity index (χ1n) is 10.7. The number of carbonyl (C=O) groups excluding carboxylic acids is 1. The monoisotopic (exact) mass is 479 g/mol. The normalized spacial score (nSPS) is 11.8. The fourth-order valence-electron chi connectivity index (χ4n) is 3.65. The summed E-state index contributed by atoms with van der Waals surface area (Å²) in [5.41, 5.74) is 1.77. The van der Waals surface area contributed by atoms with Gasteiger partial charge in [-0.15, -0.1) is 11.3 Å². The molecule has 1 unspecified atom stereocenters. The Bertz CT molecular complexity index is 1400. The molecule has 4 rings (SSSR count). The van der Waals surface area contributed by atoms with Crippen LogP contribution in [0.25, 0.3) is 21.3 Å². The van der Waals surface area contributed by atoms with Gasteiger partial charge in [-0.2, -0.15) is 0 Å². The number of methoxy groups -OCH3 is 2. The number of hydrogen-bond acceptors (Lipinski definition) is 7. The van der Waals surface area contributed by atoms with Crippen LogP contribution in [0, 0.1) is 0 Å². The van der Waals surface area contributed by atoms with Crippen LogP contribution in [0.3, 0.4) is 0 Å². The van der Waals surface area contributed by atoms with E-state index in [0.29, 0.717) is 39.8 Å². The van der Waals surface area contributed by atoms with Crippen LogP contribution < -0.4 is 25.1 Å². The average molecular weight is 480 g/mol. The summed E-state index contributed by atoms with van der Waals surface area (Å²) in [6.45, 7) is 4.01. The Morgan fingerprint density at radius 1 is 1.12 bits per heavy atom. The Balaban J connectivity index is 1.70. The highest BCUT2D eigenvalue weighted by molar-refractivity contribution is 7.17. The lowest BCUT2D eigenvalue weighted by atomic mass is 10.1. The highest BCUT2D eigenvalue weighted by Crippen LogP contribution is 2.36. The van der Waals surface area contributed by atoms with Crippen LogP contribution >= 0.6 is 11.3 Å². The van der Waals surface area contributed by atoms with Crippen LogP contribution in [0.2, 0.25) is 0 Å². The molecule has 0 bridgehead atoms. The molecule has 0 saturated carbocycles. The van der Waals surface area contributed by atoms with Gasteiger partial charge in [-0.1, -0.05) is 18.2 Å². The second-order valence-electron chi connectivity index (χ2n) is 7.45. The number of rotatable bonds is 8. The van der Waals surface area contributed by atoms with E-state index in [-0.39, 0.29) is 11.5 Å². The Morgan fingerprint density at radius 2 is 1.88 bits per heavy atom. The minimum Gasteiger partial charge on any atom is -0.493 e. The van der Waals surface area contributed by atoms with Gasteiger partial charge in [-0.3, -0.25) is 14.2 Å². The summed E-state index contributed by atoms with van der Waals surface area (Å²) >= 11 is 1.37. The van der Waals surface area contributed by atoms with Crippen molar-refractivity contribution in [3.63, 3.8) is 0 Å². The fraction of sp³-hybridized carbons (Fsp3) is 0.240. The van der Waals surface area contributed by atoms with Crippen molar-refractivity contribution in [3.8, 4) is 28.4 Å². The van der Waals surface area contributed by atoms with E-state index in [1.54, 1.807) is 39.3 Å². The highest BCUT2D eigenvalue weighted by Gasteiger charge is 2.21. The van der Waals surface area contributed by atoms with E-state index in [0.717, 1.165) is 11.1 Å². The van der Waals surface area contributed by atoms with E-state index in [9.17, 15) is 9.59 Å². The zero-order valence-electron chi connectivity index (χ0n) is 19.3. The van der Waals surface area contributed by atoms with Crippen LogP contribution in [0.15, 0.2) is 59.0 Å². The maximum absolute atomic E-state index is 13.5. The lowest BCUT2D eigenvalue weighted by molar-refractivity contribution is -0.118. The number of anilines is 1. The zero-order chi connectivity index (χ0) is 24.2. The van der Waals surface area contributed by atoms with Crippen molar-refractivity contribution in [2.24, 2.45) is 0 Å². The third-order valence-electron chi connectivity index (χ3n) is 5.46. The molecule has 0 spiro atoms. The van der Waals surface area contributed by atoms with Gasteiger partial charge in [0, 0.05) is 10.9 Å². The molecule has 1 amide bonds. The molecule has 9 heteroatoms. The predicted molar refractivity (Wildman–Crippen MR) is 133 cm³/mol. The third-order valence-corrected chi connectivity index (χ3v) is 6.34. The molecule has 0 aliphatic carbocycles. The van der Waals surface area contributed by atoms with Gasteiger partial charge in [0.15, 0.2) is 11.5 Å². The van der Waals surface area contributed by atoms with Crippen molar-refractivity contribution >= 4 is 33.1 Å². The first-order valence-corrected chi connectivity index (χ1v) is 11.6. The van der Waals surface area contributed by atoms with Gasteiger partial charge in [0.1, 0.15) is 16.6 Å². The first-order chi connectivity index (χ1) is 16.5. The lowest BCUT2D eigenvalue weighted by Crippen LogP contribution is -2.31. The van der Waals surface area contributed by atoms with Gasteiger partial charge in [0.2, 0.25) is 5.91 Å². The first kappa shape index (κ1) is 23.3. The molecular formula is C25H25N3O5S. The largest absolute Gasteiger partial charge is 0.493 e. The summed E-state index contributed by atoms with van der Waals surface area (Å²) in [6, 6.07) is 11.9. The van der Waals surface area contributed by atoms with Gasteiger partial charge in [0.05, 0.1) is 38.2 Å². The Kier molecular flexibility index (Phi) is 6.83. The topological polar surface area (TPSA) is 91.7 Å². The number of para-hydroxylation sites is 2. The predicted octanol–water partition coefficient (Wildman–Crippen LogP) is 4.74. The van der Waals surface area contributed by atoms with E-state index in [1.807, 2.05) is 36.6 Å². The minimum absolute atomic E-state index is 0.295. The molecule has 0 saturated heterocycles. The average Bonchev–Trinajstić information content (AvgIpc) is 3.30. The molecule has 2 aromatic heterocycles. The number of carbonyl (C=O) groups is 1. The van der Waals surface area contributed by atoms with Crippen LogP contribution in [0.1, 0.15) is 19.9 Å². The quantitative estimate of drug-likeness (QED) is 0.392. The molecule has 1 N–H and O–H groups in total. The zero-order valence-corrected chi connectivity index (χ0v) is 20.1. The summed E-state index contributed by atoms with van der Waals surface area (Å²) in [5.74, 6) is 1.38. The standard InChI is InChI=1S/C25H25N3O5S/c1-5-33-19-9-7-6-8-18(19)27-23(29)15(2)28-14-26-24-22(25(28)30)17(13-34-24)16-10-11-20(31-3)21(12-16)32-4/h6-15H,5H2,1-4H3,(H,27,29). The van der Waals surface area contributed by atoms with E-state index in [4.69, 9.17) is 14.2 Å². The molecule has 0 radical (unpaired) electrons. The lowest BCUT2D eigenvalue weighted by Gasteiger charge is -2.17. The number of benzene rings is 2. The van der Waals surface area contributed by atoms with E-state index >= 15 is 0 Å². The van der Waals surface area contributed by atoms with Gasteiger partial charge in [0.25, 0.3) is 5.56 Å². The maximum Gasteiger partial charge on any atom is 0.263 e. The molecular weight excluding hydrogens is 454 g/mol. The highest BCUT2D eigenvalue weighted by atomic mass is 32.1. The number of fused-ring (bicyclic) bond motifs is 1. The van der Waals surface area contributed by atoms with Crippen molar-refractivity contribution in [2.45, 2.75) is 19.9 Å². The van der Waals surface area contributed by atoms with E-state index in [2.05, 4.69) is 10.3 Å². The van der Waals surface area contributed by atoms with Gasteiger partial charge in [-0.25, -0.2) is 4.98 Å². The molecule has 0 aliphatic heterocycles. The third kappa shape index (κ3) is 4.34. The summed E-state index contributed by atoms with van der Waals surface area (Å²) < 4.78 is 17.7. The number of aromatic nitrogens is 2. The van der Waals surface area contributed by atoms with E-state index in [1.165, 1.54) is 22.2 Å². The molecule has 8 nitrogen and oxygen atoms in total. The van der Waals surface area contributed by atoms with Crippen molar-refractivity contribution < 1.29 is 19.0 Å². The molecule has 2 heterocycles. The molecule has 34 heavy (non-hydrogen) atoms. The minimum atomic E-state index is -0.794. The number of thiophene rings is 1. The number of nitrogens with zero attached hydrogens (tertiary/aromatic N) is 2. The van der Waals surface area contributed by atoms with Crippen molar-refractivity contribution in [2.75, 3.05) is 26.1 Å². The molecule has 1 atom stereocenters. The second kappa shape index (κ2) is 9.96. The SMILES string of the molecule is CCOc1ccccc1NC(=O)C(C)n1cnc2scc(-c3ccc(OC)c(OC)c3)c2c1=O. The van der Waals surface area contributed by atoms with Crippen molar-refractivity contribution in [1.82, 2.24) is 9.55 Å². The summed E-state index contributed by atoms with van der Waals surface area (Å²) in [6.07, 6.45) is 1.41. The Labute approximate surface area is 200 Å². The Hall–Kier alpha value is -3.85. The van der Waals surface area contributed by atoms with Crippen LogP contribution in [0.5, 0.6) is 17.2 Å². The molecule has 0 fully saturated rings. The smallest absolute Gasteiger partial charge is 0.263 e. The van der Waals surface area contributed by atoms with Gasteiger partial charge >= 0.3 is 0 Å². The van der Waals surface area contributed by atoms with Gasteiger partial charge in [-0.05, 0) is 43.7 Å². The maximum atomic E-state index is 13.5. The summed E-state index contributed by atoms with van der Waals surface area (Å²) in [7, 11) is 3.13. The number of nitrogens with one attached hydrogen (secondary N) is 1.